The molecule has 0 aliphatic rings. The van der Waals surface area contributed by atoms with Crippen LogP contribution in [0.25, 0.3) is 6.08 Å². The Hall–Kier alpha value is -1.15. The zero-order valence-electron chi connectivity index (χ0n) is 9.77. The molecule has 2 nitrogen and oxygen atoms in total. The SMILES string of the molecule is CC(C=Cc1cccnc1)CC(C)(C)N. The van der Waals surface area contributed by atoms with Crippen LogP contribution in [-0.2, 0) is 0 Å². The number of aromatic nitrogens is 1. The molecule has 1 heterocycles. The molecular weight excluding hydrogens is 184 g/mol. The maximum Gasteiger partial charge on any atom is 0.0340 e. The molecule has 2 heteroatoms. The normalized spacial score (nSPS) is 14.4. The van der Waals surface area contributed by atoms with Gasteiger partial charge in [-0.2, -0.15) is 0 Å². The van der Waals surface area contributed by atoms with Gasteiger partial charge in [0.2, 0.25) is 0 Å². The summed E-state index contributed by atoms with van der Waals surface area (Å²) in [4.78, 5) is 4.06. The summed E-state index contributed by atoms with van der Waals surface area (Å²) in [7, 11) is 0. The van der Waals surface area contributed by atoms with Crippen LogP contribution in [0.5, 0.6) is 0 Å². The van der Waals surface area contributed by atoms with Crippen molar-refractivity contribution < 1.29 is 0 Å². The third-order valence-electron chi connectivity index (χ3n) is 2.15. The van der Waals surface area contributed by atoms with Crippen molar-refractivity contribution in [2.24, 2.45) is 11.7 Å². The lowest BCUT2D eigenvalue weighted by molar-refractivity contribution is 0.423. The minimum atomic E-state index is -0.0985. The maximum absolute atomic E-state index is 5.96. The van der Waals surface area contributed by atoms with E-state index in [1.807, 2.05) is 18.3 Å². The Morgan fingerprint density at radius 2 is 2.27 bits per heavy atom. The topological polar surface area (TPSA) is 38.9 Å². The highest BCUT2D eigenvalue weighted by molar-refractivity contribution is 5.47. The minimum Gasteiger partial charge on any atom is -0.326 e. The molecule has 0 bridgehead atoms. The van der Waals surface area contributed by atoms with Gasteiger partial charge in [-0.05, 0) is 37.8 Å². The molecule has 0 fully saturated rings. The van der Waals surface area contributed by atoms with Crippen molar-refractivity contribution >= 4 is 6.08 Å². The lowest BCUT2D eigenvalue weighted by atomic mass is 9.92. The summed E-state index contributed by atoms with van der Waals surface area (Å²) in [6.45, 7) is 6.30. The zero-order chi connectivity index (χ0) is 11.3. The highest BCUT2D eigenvalue weighted by Crippen LogP contribution is 2.15. The molecule has 1 rings (SSSR count). The number of nitrogens with zero attached hydrogens (tertiary/aromatic N) is 1. The molecule has 0 aromatic carbocycles. The monoisotopic (exact) mass is 204 g/mol. The van der Waals surface area contributed by atoms with Crippen LogP contribution in [0.2, 0.25) is 0 Å². The second kappa shape index (κ2) is 5.08. The van der Waals surface area contributed by atoms with Crippen LogP contribution in [0, 0.1) is 5.92 Å². The molecule has 1 atom stereocenters. The Kier molecular flexibility index (Phi) is 4.04. The summed E-state index contributed by atoms with van der Waals surface area (Å²) in [5.41, 5.74) is 7.00. The molecule has 2 N–H and O–H groups in total. The summed E-state index contributed by atoms with van der Waals surface area (Å²) in [5.74, 6) is 0.491. The molecule has 0 saturated carbocycles. The van der Waals surface area contributed by atoms with Crippen LogP contribution < -0.4 is 5.73 Å². The Labute approximate surface area is 92.2 Å². The highest BCUT2D eigenvalue weighted by atomic mass is 14.7. The molecule has 1 unspecified atom stereocenters. The van der Waals surface area contributed by atoms with E-state index in [9.17, 15) is 0 Å². The standard InChI is InChI=1S/C13H20N2/c1-11(9-13(2,3)14)6-7-12-5-4-8-15-10-12/h4-8,10-11H,9,14H2,1-3H3. The molecule has 0 radical (unpaired) electrons. The third-order valence-corrected chi connectivity index (χ3v) is 2.15. The van der Waals surface area contributed by atoms with Crippen LogP contribution in [0.1, 0.15) is 32.8 Å². The Morgan fingerprint density at radius 3 is 2.80 bits per heavy atom. The molecule has 0 saturated heterocycles. The second-order valence-corrected chi connectivity index (χ2v) is 4.82. The first-order valence-corrected chi connectivity index (χ1v) is 5.34. The minimum absolute atomic E-state index is 0.0985. The fraction of sp³-hybridized carbons (Fsp3) is 0.462. The van der Waals surface area contributed by atoms with Gasteiger partial charge >= 0.3 is 0 Å². The van der Waals surface area contributed by atoms with Gasteiger partial charge in [-0.25, -0.2) is 0 Å². The fourth-order valence-corrected chi connectivity index (χ4v) is 1.65. The van der Waals surface area contributed by atoms with E-state index in [2.05, 4.69) is 37.9 Å². The molecule has 1 aromatic rings. The van der Waals surface area contributed by atoms with E-state index in [0.29, 0.717) is 5.92 Å². The van der Waals surface area contributed by atoms with Gasteiger partial charge in [-0.3, -0.25) is 4.98 Å². The number of hydrogen-bond acceptors (Lipinski definition) is 2. The summed E-state index contributed by atoms with van der Waals surface area (Å²) in [6.07, 6.45) is 8.92. The first kappa shape index (κ1) is 11.9. The molecule has 0 spiro atoms. The van der Waals surface area contributed by atoms with E-state index in [1.54, 1.807) is 6.20 Å². The quantitative estimate of drug-likeness (QED) is 0.819. The van der Waals surface area contributed by atoms with E-state index >= 15 is 0 Å². The molecule has 0 amide bonds. The zero-order valence-corrected chi connectivity index (χ0v) is 9.77. The van der Waals surface area contributed by atoms with E-state index in [-0.39, 0.29) is 5.54 Å². The number of allylic oxidation sites excluding steroid dienone is 1. The van der Waals surface area contributed by atoms with Gasteiger partial charge in [-0.1, -0.05) is 25.1 Å². The Bertz CT molecular complexity index is 309. The van der Waals surface area contributed by atoms with Crippen molar-refractivity contribution in [2.45, 2.75) is 32.7 Å². The predicted molar refractivity (Wildman–Crippen MR) is 65.3 cm³/mol. The first-order chi connectivity index (χ1) is 6.97. The van der Waals surface area contributed by atoms with Crippen LogP contribution in [0.15, 0.2) is 30.6 Å². The largest absolute Gasteiger partial charge is 0.326 e. The van der Waals surface area contributed by atoms with Gasteiger partial charge < -0.3 is 5.73 Å². The molecule has 15 heavy (non-hydrogen) atoms. The molecule has 0 aliphatic carbocycles. The average Bonchev–Trinajstić information content (AvgIpc) is 2.14. The number of nitrogens with two attached hydrogens (primary N) is 1. The van der Waals surface area contributed by atoms with E-state index in [1.165, 1.54) is 0 Å². The lowest BCUT2D eigenvalue weighted by Crippen LogP contribution is -2.33. The Balaban J connectivity index is 2.52. The fourth-order valence-electron chi connectivity index (χ4n) is 1.65. The van der Waals surface area contributed by atoms with Gasteiger partial charge in [0, 0.05) is 17.9 Å². The van der Waals surface area contributed by atoms with Crippen molar-refractivity contribution in [3.05, 3.63) is 36.2 Å². The van der Waals surface area contributed by atoms with E-state index in [4.69, 9.17) is 5.73 Å². The van der Waals surface area contributed by atoms with Crippen LogP contribution in [0.4, 0.5) is 0 Å². The van der Waals surface area contributed by atoms with E-state index < -0.39 is 0 Å². The van der Waals surface area contributed by atoms with Gasteiger partial charge in [-0.15, -0.1) is 0 Å². The smallest absolute Gasteiger partial charge is 0.0340 e. The predicted octanol–water partition coefficient (Wildman–Crippen LogP) is 2.86. The van der Waals surface area contributed by atoms with Crippen molar-refractivity contribution in [3.8, 4) is 0 Å². The number of pyridine rings is 1. The van der Waals surface area contributed by atoms with Crippen molar-refractivity contribution in [2.75, 3.05) is 0 Å². The van der Waals surface area contributed by atoms with Gasteiger partial charge in [0.15, 0.2) is 0 Å². The molecular formula is C13H20N2. The summed E-state index contributed by atoms with van der Waals surface area (Å²) in [5, 5.41) is 0. The van der Waals surface area contributed by atoms with E-state index in [0.717, 1.165) is 12.0 Å². The van der Waals surface area contributed by atoms with Gasteiger partial charge in [0.25, 0.3) is 0 Å². The van der Waals surface area contributed by atoms with Crippen molar-refractivity contribution in [1.82, 2.24) is 4.98 Å². The average molecular weight is 204 g/mol. The lowest BCUT2D eigenvalue weighted by Gasteiger charge is -2.21. The van der Waals surface area contributed by atoms with Crippen molar-refractivity contribution in [3.63, 3.8) is 0 Å². The summed E-state index contributed by atoms with van der Waals surface area (Å²) < 4.78 is 0. The highest BCUT2D eigenvalue weighted by Gasteiger charge is 2.13. The number of hydrogen-bond donors (Lipinski definition) is 1. The van der Waals surface area contributed by atoms with Gasteiger partial charge in [0.05, 0.1) is 0 Å². The molecule has 0 aliphatic heterocycles. The number of rotatable bonds is 4. The molecule has 1 aromatic heterocycles. The first-order valence-electron chi connectivity index (χ1n) is 5.34. The molecule has 82 valence electrons. The summed E-state index contributed by atoms with van der Waals surface area (Å²) >= 11 is 0. The van der Waals surface area contributed by atoms with Crippen molar-refractivity contribution in [1.29, 1.82) is 0 Å². The summed E-state index contributed by atoms with van der Waals surface area (Å²) in [6, 6.07) is 3.99. The maximum atomic E-state index is 5.96. The van der Waals surface area contributed by atoms with Crippen LogP contribution >= 0.6 is 0 Å². The van der Waals surface area contributed by atoms with Crippen LogP contribution in [0.3, 0.4) is 0 Å². The Morgan fingerprint density at radius 1 is 1.53 bits per heavy atom. The third kappa shape index (κ3) is 5.33. The van der Waals surface area contributed by atoms with Gasteiger partial charge in [0.1, 0.15) is 0 Å². The van der Waals surface area contributed by atoms with Crippen LogP contribution in [-0.4, -0.2) is 10.5 Å². The second-order valence-electron chi connectivity index (χ2n) is 4.82.